The lowest BCUT2D eigenvalue weighted by molar-refractivity contribution is 0.0386. The Labute approximate surface area is 85.8 Å². The van der Waals surface area contributed by atoms with Crippen molar-refractivity contribution in [3.8, 4) is 0 Å². The summed E-state index contributed by atoms with van der Waals surface area (Å²) < 4.78 is 5.62. The van der Waals surface area contributed by atoms with Gasteiger partial charge in [0.15, 0.2) is 0 Å². The Morgan fingerprint density at radius 3 is 2.57 bits per heavy atom. The molecule has 14 heavy (non-hydrogen) atoms. The van der Waals surface area contributed by atoms with Gasteiger partial charge in [-0.25, -0.2) is 0 Å². The zero-order chi connectivity index (χ0) is 10.0. The van der Waals surface area contributed by atoms with Gasteiger partial charge in [-0.3, -0.25) is 0 Å². The molecule has 2 rings (SSSR count). The summed E-state index contributed by atoms with van der Waals surface area (Å²) in [7, 11) is 0. The van der Waals surface area contributed by atoms with Gasteiger partial charge in [0.05, 0.1) is 18.8 Å². The zero-order valence-electron chi connectivity index (χ0n) is 8.96. The third kappa shape index (κ3) is 3.23. The monoisotopic (exact) mass is 199 g/mol. The van der Waals surface area contributed by atoms with Crippen LogP contribution in [0.4, 0.5) is 0 Å². The first-order chi connectivity index (χ1) is 6.72. The van der Waals surface area contributed by atoms with Gasteiger partial charge in [-0.05, 0) is 38.5 Å². The Balaban J connectivity index is 1.65. The van der Waals surface area contributed by atoms with Gasteiger partial charge >= 0.3 is 0 Å². The molecule has 0 aliphatic heterocycles. The van der Waals surface area contributed by atoms with E-state index in [4.69, 9.17) is 4.74 Å². The molecule has 2 saturated carbocycles. The van der Waals surface area contributed by atoms with Gasteiger partial charge in [-0.1, -0.05) is 0 Å². The molecule has 2 fully saturated rings. The topological polar surface area (TPSA) is 41.5 Å². The second-order valence-corrected chi connectivity index (χ2v) is 5.10. The van der Waals surface area contributed by atoms with Crippen molar-refractivity contribution in [3.63, 3.8) is 0 Å². The predicted octanol–water partition coefficient (Wildman–Crippen LogP) is 0.916. The van der Waals surface area contributed by atoms with Crippen molar-refractivity contribution in [1.82, 2.24) is 5.32 Å². The summed E-state index contributed by atoms with van der Waals surface area (Å²) in [6.45, 7) is 3.71. The fourth-order valence-electron chi connectivity index (χ4n) is 1.59. The van der Waals surface area contributed by atoms with Crippen molar-refractivity contribution in [3.05, 3.63) is 0 Å². The van der Waals surface area contributed by atoms with Gasteiger partial charge in [-0.2, -0.15) is 0 Å². The average Bonchev–Trinajstić information content (AvgIpc) is 2.98. The average molecular weight is 199 g/mol. The maximum absolute atomic E-state index is 9.30. The molecule has 0 amide bonds. The van der Waals surface area contributed by atoms with Crippen molar-refractivity contribution < 1.29 is 9.84 Å². The molecule has 3 nitrogen and oxygen atoms in total. The van der Waals surface area contributed by atoms with Crippen molar-refractivity contribution in [2.75, 3.05) is 19.8 Å². The molecule has 0 aromatic carbocycles. The molecule has 0 saturated heterocycles. The first-order valence-corrected chi connectivity index (χ1v) is 5.68. The molecule has 0 bridgehead atoms. The highest BCUT2D eigenvalue weighted by molar-refractivity contribution is 4.92. The van der Waals surface area contributed by atoms with E-state index in [2.05, 4.69) is 5.32 Å². The normalized spacial score (nSPS) is 26.1. The molecule has 0 radical (unpaired) electrons. The van der Waals surface area contributed by atoms with Gasteiger partial charge in [0.25, 0.3) is 0 Å². The van der Waals surface area contributed by atoms with Gasteiger partial charge in [-0.15, -0.1) is 0 Å². The second kappa shape index (κ2) is 4.17. The highest BCUT2D eigenvalue weighted by atomic mass is 16.5. The van der Waals surface area contributed by atoms with Gasteiger partial charge in [0.2, 0.25) is 0 Å². The molecule has 2 aliphatic carbocycles. The molecule has 0 spiro atoms. The Morgan fingerprint density at radius 2 is 2.07 bits per heavy atom. The van der Waals surface area contributed by atoms with Crippen LogP contribution < -0.4 is 5.32 Å². The molecule has 0 heterocycles. The van der Waals surface area contributed by atoms with Crippen LogP contribution in [0.25, 0.3) is 0 Å². The van der Waals surface area contributed by atoms with Crippen LogP contribution in [0.3, 0.4) is 0 Å². The SMILES string of the molecule is CC(CO)(COCC1CC1)NC1CC1. The summed E-state index contributed by atoms with van der Waals surface area (Å²) in [5, 5.41) is 12.7. The summed E-state index contributed by atoms with van der Waals surface area (Å²) in [6, 6.07) is 0.622. The molecule has 1 atom stereocenters. The van der Waals surface area contributed by atoms with Crippen LogP contribution >= 0.6 is 0 Å². The predicted molar refractivity (Wildman–Crippen MR) is 55.2 cm³/mol. The molecular weight excluding hydrogens is 178 g/mol. The van der Waals surface area contributed by atoms with Crippen LogP contribution in [0.15, 0.2) is 0 Å². The fraction of sp³-hybridized carbons (Fsp3) is 1.00. The Kier molecular flexibility index (Phi) is 3.10. The number of hydrogen-bond donors (Lipinski definition) is 2. The largest absolute Gasteiger partial charge is 0.394 e. The van der Waals surface area contributed by atoms with E-state index in [-0.39, 0.29) is 12.1 Å². The van der Waals surface area contributed by atoms with Crippen molar-refractivity contribution in [2.24, 2.45) is 5.92 Å². The lowest BCUT2D eigenvalue weighted by Gasteiger charge is -2.28. The van der Waals surface area contributed by atoms with E-state index in [1.165, 1.54) is 25.7 Å². The highest BCUT2D eigenvalue weighted by Crippen LogP contribution is 2.29. The zero-order valence-corrected chi connectivity index (χ0v) is 8.96. The Morgan fingerprint density at radius 1 is 1.36 bits per heavy atom. The maximum atomic E-state index is 9.30. The third-order valence-corrected chi connectivity index (χ3v) is 2.95. The molecular formula is C11H21NO2. The molecule has 2 N–H and O–H groups in total. The number of rotatable bonds is 7. The highest BCUT2D eigenvalue weighted by Gasteiger charge is 2.32. The van der Waals surface area contributed by atoms with Crippen LogP contribution in [0.2, 0.25) is 0 Å². The summed E-state index contributed by atoms with van der Waals surface area (Å²) in [5.41, 5.74) is -0.226. The quantitative estimate of drug-likeness (QED) is 0.640. The van der Waals surface area contributed by atoms with Crippen molar-refractivity contribution in [2.45, 2.75) is 44.2 Å². The van der Waals surface area contributed by atoms with Crippen LogP contribution in [-0.4, -0.2) is 36.5 Å². The summed E-state index contributed by atoms with van der Waals surface area (Å²) >= 11 is 0. The number of aliphatic hydroxyl groups is 1. The van der Waals surface area contributed by atoms with Crippen LogP contribution in [0.1, 0.15) is 32.6 Å². The van der Waals surface area contributed by atoms with Crippen LogP contribution in [0.5, 0.6) is 0 Å². The third-order valence-electron chi connectivity index (χ3n) is 2.95. The second-order valence-electron chi connectivity index (χ2n) is 5.10. The van der Waals surface area contributed by atoms with E-state index < -0.39 is 0 Å². The van der Waals surface area contributed by atoms with E-state index >= 15 is 0 Å². The van der Waals surface area contributed by atoms with Gasteiger partial charge < -0.3 is 15.2 Å². The molecule has 0 aromatic rings. The summed E-state index contributed by atoms with van der Waals surface area (Å²) in [5.74, 6) is 0.805. The molecule has 2 aliphatic rings. The van der Waals surface area contributed by atoms with Crippen LogP contribution in [-0.2, 0) is 4.74 Å². The molecule has 3 heteroatoms. The lowest BCUT2D eigenvalue weighted by Crippen LogP contribution is -2.50. The standard InChI is InChI=1S/C11H21NO2/c1-11(7-13,12-10-4-5-10)8-14-6-9-2-3-9/h9-10,12-13H,2-8H2,1H3. The van der Waals surface area contributed by atoms with Gasteiger partial charge in [0.1, 0.15) is 0 Å². The molecule has 1 unspecified atom stereocenters. The minimum absolute atomic E-state index is 0.161. The van der Waals surface area contributed by atoms with E-state index in [9.17, 15) is 5.11 Å². The van der Waals surface area contributed by atoms with Crippen molar-refractivity contribution in [1.29, 1.82) is 0 Å². The van der Waals surface area contributed by atoms with E-state index in [0.717, 1.165) is 12.5 Å². The fourth-order valence-corrected chi connectivity index (χ4v) is 1.59. The smallest absolute Gasteiger partial charge is 0.0668 e. The summed E-state index contributed by atoms with van der Waals surface area (Å²) in [6.07, 6.45) is 5.15. The number of hydrogen-bond acceptors (Lipinski definition) is 3. The van der Waals surface area contributed by atoms with Crippen molar-refractivity contribution >= 4 is 0 Å². The van der Waals surface area contributed by atoms with E-state index in [0.29, 0.717) is 12.6 Å². The molecule has 0 aromatic heterocycles. The lowest BCUT2D eigenvalue weighted by atomic mass is 10.1. The Hall–Kier alpha value is -0.120. The molecule has 82 valence electrons. The van der Waals surface area contributed by atoms with E-state index in [1.807, 2.05) is 6.92 Å². The van der Waals surface area contributed by atoms with Gasteiger partial charge in [0, 0.05) is 12.6 Å². The Bertz CT molecular complexity index is 190. The number of aliphatic hydroxyl groups excluding tert-OH is 1. The number of ether oxygens (including phenoxy) is 1. The first kappa shape index (κ1) is 10.4. The number of nitrogens with one attached hydrogen (secondary N) is 1. The summed E-state index contributed by atoms with van der Waals surface area (Å²) in [4.78, 5) is 0. The van der Waals surface area contributed by atoms with Crippen LogP contribution in [0, 0.1) is 5.92 Å². The maximum Gasteiger partial charge on any atom is 0.0668 e. The minimum atomic E-state index is -0.226. The minimum Gasteiger partial charge on any atom is -0.394 e. The first-order valence-electron chi connectivity index (χ1n) is 5.68. The van der Waals surface area contributed by atoms with E-state index in [1.54, 1.807) is 0 Å².